The van der Waals surface area contributed by atoms with Crippen molar-refractivity contribution in [2.24, 2.45) is 11.8 Å². The lowest BCUT2D eigenvalue weighted by molar-refractivity contribution is -0.150. The van der Waals surface area contributed by atoms with Crippen molar-refractivity contribution < 1.29 is 29.3 Å². The number of nitrogens with zero attached hydrogens (tertiary/aromatic N) is 1. The Hall–Kier alpha value is -3.23. The van der Waals surface area contributed by atoms with E-state index >= 15 is 0 Å². The van der Waals surface area contributed by atoms with Crippen molar-refractivity contribution >= 4 is 23.5 Å². The van der Waals surface area contributed by atoms with Crippen LogP contribution in [0.5, 0.6) is 5.75 Å². The van der Waals surface area contributed by atoms with E-state index in [0.29, 0.717) is 23.6 Å². The van der Waals surface area contributed by atoms with Crippen LogP contribution in [0.25, 0.3) is 0 Å². The number of hydrogen-bond donors (Lipinski definition) is 3. The molecule has 2 aliphatic heterocycles. The van der Waals surface area contributed by atoms with Gasteiger partial charge >= 0.3 is 5.97 Å². The molecule has 3 N–H and O–H groups in total. The molecule has 4 unspecified atom stereocenters. The van der Waals surface area contributed by atoms with Gasteiger partial charge in [-0.1, -0.05) is 38.1 Å². The minimum Gasteiger partial charge on any atom is -0.494 e. The van der Waals surface area contributed by atoms with Crippen molar-refractivity contribution in [1.29, 1.82) is 0 Å². The lowest BCUT2D eigenvalue weighted by atomic mass is 9.79. The smallest absolute Gasteiger partial charge is 0.327 e. The van der Waals surface area contributed by atoms with Gasteiger partial charge in [0.2, 0.25) is 11.8 Å². The number of carbonyl (C=O) groups excluding carboxylic acids is 2. The van der Waals surface area contributed by atoms with Crippen molar-refractivity contribution in [1.82, 2.24) is 5.32 Å². The fraction of sp³-hybridized carbons (Fsp3) is 0.400. The number of amides is 2. The number of aliphatic hydroxyl groups is 1. The first-order chi connectivity index (χ1) is 15.9. The SMILES string of the molecule is CCCOc1ccc(C2NC(CO)(C(=O)O)C3C(=O)N(c4ccc(CC)cc4)C(=O)C23)cc1. The van der Waals surface area contributed by atoms with Gasteiger partial charge in [-0.05, 0) is 48.2 Å². The van der Waals surface area contributed by atoms with Crippen LogP contribution in [0.1, 0.15) is 37.4 Å². The molecule has 4 rings (SSSR count). The number of fused-ring (bicyclic) bond motifs is 1. The Morgan fingerprint density at radius 1 is 1.06 bits per heavy atom. The normalized spacial score (nSPS) is 26.5. The number of aliphatic hydroxyl groups excluding tert-OH is 1. The number of nitrogens with one attached hydrogen (secondary N) is 1. The number of benzene rings is 2. The molecule has 8 nitrogen and oxygen atoms in total. The summed E-state index contributed by atoms with van der Waals surface area (Å²) >= 11 is 0. The predicted octanol–water partition coefficient (Wildman–Crippen LogP) is 2.30. The average molecular weight is 453 g/mol. The first-order valence-electron chi connectivity index (χ1n) is 11.2. The van der Waals surface area contributed by atoms with Crippen molar-refractivity contribution in [3.63, 3.8) is 0 Å². The Kier molecular flexibility index (Phi) is 6.23. The van der Waals surface area contributed by atoms with Gasteiger partial charge in [0.25, 0.3) is 0 Å². The molecule has 8 heteroatoms. The van der Waals surface area contributed by atoms with Crippen molar-refractivity contribution in [3.8, 4) is 5.75 Å². The molecule has 2 saturated heterocycles. The van der Waals surface area contributed by atoms with Crippen molar-refractivity contribution in [2.75, 3.05) is 18.1 Å². The van der Waals surface area contributed by atoms with E-state index in [1.807, 2.05) is 26.0 Å². The second-order valence-electron chi connectivity index (χ2n) is 8.51. The van der Waals surface area contributed by atoms with Crippen LogP contribution in [-0.4, -0.2) is 46.7 Å². The fourth-order valence-corrected chi connectivity index (χ4v) is 4.83. The molecule has 2 fully saturated rings. The summed E-state index contributed by atoms with van der Waals surface area (Å²) in [6, 6.07) is 13.3. The Labute approximate surface area is 192 Å². The van der Waals surface area contributed by atoms with Crippen LogP contribution in [-0.2, 0) is 20.8 Å². The monoisotopic (exact) mass is 452 g/mol. The minimum atomic E-state index is -1.96. The summed E-state index contributed by atoms with van der Waals surface area (Å²) in [5.41, 5.74) is 0.140. The number of anilines is 1. The van der Waals surface area contributed by atoms with Gasteiger partial charge in [0.1, 0.15) is 5.75 Å². The predicted molar refractivity (Wildman–Crippen MR) is 121 cm³/mol. The second kappa shape index (κ2) is 8.96. The van der Waals surface area contributed by atoms with E-state index in [1.165, 1.54) is 0 Å². The van der Waals surface area contributed by atoms with Crippen LogP contribution in [0.4, 0.5) is 5.69 Å². The molecule has 0 aromatic heterocycles. The molecule has 0 saturated carbocycles. The molecule has 174 valence electrons. The van der Waals surface area contributed by atoms with Crippen LogP contribution < -0.4 is 15.0 Å². The lowest BCUT2D eigenvalue weighted by Crippen LogP contribution is -2.58. The zero-order chi connectivity index (χ0) is 23.8. The number of aliphatic carboxylic acids is 1. The highest BCUT2D eigenvalue weighted by molar-refractivity contribution is 6.24. The summed E-state index contributed by atoms with van der Waals surface area (Å²) < 4.78 is 5.61. The van der Waals surface area contributed by atoms with E-state index in [-0.39, 0.29) is 0 Å². The summed E-state index contributed by atoms with van der Waals surface area (Å²) in [5.74, 6) is -4.00. The summed E-state index contributed by atoms with van der Waals surface area (Å²) in [7, 11) is 0. The highest BCUT2D eigenvalue weighted by atomic mass is 16.5. The minimum absolute atomic E-state index is 0.399. The molecule has 2 aromatic rings. The van der Waals surface area contributed by atoms with Gasteiger partial charge in [0.05, 0.1) is 30.7 Å². The van der Waals surface area contributed by atoms with E-state index in [2.05, 4.69) is 5.32 Å². The molecule has 0 aliphatic carbocycles. The maximum absolute atomic E-state index is 13.5. The summed E-state index contributed by atoms with van der Waals surface area (Å²) in [6.45, 7) is 3.75. The van der Waals surface area contributed by atoms with Crippen molar-refractivity contribution in [3.05, 3.63) is 59.7 Å². The third-order valence-corrected chi connectivity index (χ3v) is 6.60. The van der Waals surface area contributed by atoms with E-state index in [4.69, 9.17) is 4.74 Å². The first kappa shape index (κ1) is 22.9. The standard InChI is InChI=1S/C25H28N2O6/c1-3-13-33-18-11-7-16(8-12-18)21-19-20(25(14-28,26-21)24(31)32)23(30)27(22(19)29)17-9-5-15(4-2)6-10-17/h5-12,19-21,26,28H,3-4,13-14H2,1-2H3,(H,31,32). The number of ether oxygens (including phenoxy) is 1. The van der Waals surface area contributed by atoms with Gasteiger partial charge in [-0.3, -0.25) is 19.7 Å². The number of carbonyl (C=O) groups is 3. The third kappa shape index (κ3) is 3.69. The molecule has 33 heavy (non-hydrogen) atoms. The molecule has 4 atom stereocenters. The number of carboxylic acids is 1. The Bertz CT molecular complexity index is 1050. The van der Waals surface area contributed by atoms with Gasteiger partial charge in [0, 0.05) is 6.04 Å². The van der Waals surface area contributed by atoms with Crippen LogP contribution in [0.3, 0.4) is 0 Å². The number of rotatable bonds is 8. The fourth-order valence-electron chi connectivity index (χ4n) is 4.83. The maximum atomic E-state index is 13.5. The number of aryl methyl sites for hydroxylation is 1. The summed E-state index contributed by atoms with van der Waals surface area (Å²) in [4.78, 5) is 40.4. The Morgan fingerprint density at radius 3 is 2.27 bits per heavy atom. The lowest BCUT2D eigenvalue weighted by Gasteiger charge is -2.29. The molecular weight excluding hydrogens is 424 g/mol. The van der Waals surface area contributed by atoms with Crippen LogP contribution in [0, 0.1) is 11.8 Å². The van der Waals surface area contributed by atoms with Crippen molar-refractivity contribution in [2.45, 2.75) is 38.3 Å². The van der Waals surface area contributed by atoms with Crippen LogP contribution in [0.2, 0.25) is 0 Å². The summed E-state index contributed by atoms with van der Waals surface area (Å²) in [5, 5.41) is 23.1. The quantitative estimate of drug-likeness (QED) is 0.526. The summed E-state index contributed by atoms with van der Waals surface area (Å²) in [6.07, 6.45) is 1.67. The Balaban J connectivity index is 1.74. The average Bonchev–Trinajstić information content (AvgIpc) is 3.32. The molecule has 0 radical (unpaired) electrons. The molecule has 2 aliphatic rings. The molecule has 0 bridgehead atoms. The largest absolute Gasteiger partial charge is 0.494 e. The van der Waals surface area contributed by atoms with Gasteiger partial charge in [-0.2, -0.15) is 0 Å². The highest BCUT2D eigenvalue weighted by Gasteiger charge is 2.68. The molecule has 2 aromatic carbocycles. The number of imide groups is 1. The topological polar surface area (TPSA) is 116 Å². The molecule has 0 spiro atoms. The van der Waals surface area contributed by atoms with E-state index < -0.39 is 47.8 Å². The number of carboxylic acid groups (broad SMARTS) is 1. The van der Waals surface area contributed by atoms with Gasteiger partial charge in [-0.15, -0.1) is 0 Å². The number of hydrogen-bond acceptors (Lipinski definition) is 6. The maximum Gasteiger partial charge on any atom is 0.327 e. The molecule has 2 amide bonds. The van der Waals surface area contributed by atoms with Crippen LogP contribution >= 0.6 is 0 Å². The van der Waals surface area contributed by atoms with E-state index in [9.17, 15) is 24.6 Å². The van der Waals surface area contributed by atoms with Gasteiger partial charge < -0.3 is 14.9 Å². The Morgan fingerprint density at radius 2 is 1.73 bits per heavy atom. The second-order valence-corrected chi connectivity index (χ2v) is 8.51. The van der Waals surface area contributed by atoms with E-state index in [1.54, 1.807) is 36.4 Å². The van der Waals surface area contributed by atoms with Gasteiger partial charge in [0.15, 0.2) is 5.54 Å². The zero-order valence-corrected chi connectivity index (χ0v) is 18.7. The third-order valence-electron chi connectivity index (χ3n) is 6.60. The van der Waals surface area contributed by atoms with Gasteiger partial charge in [-0.25, -0.2) is 4.90 Å². The molecule has 2 heterocycles. The van der Waals surface area contributed by atoms with E-state index in [0.717, 1.165) is 23.3 Å². The zero-order valence-electron chi connectivity index (χ0n) is 18.7. The van der Waals surface area contributed by atoms with Crippen LogP contribution in [0.15, 0.2) is 48.5 Å². The highest BCUT2D eigenvalue weighted by Crippen LogP contribution is 2.49. The molecular formula is C25H28N2O6. The first-order valence-corrected chi connectivity index (χ1v) is 11.2.